The molecule has 0 spiro atoms. The fourth-order valence-corrected chi connectivity index (χ4v) is 1.92. The molecule has 0 aromatic carbocycles. The quantitative estimate of drug-likeness (QED) is 0.830. The van der Waals surface area contributed by atoms with Crippen LogP contribution in [0, 0.1) is 6.92 Å². The number of aliphatic hydroxyl groups excluding tert-OH is 1. The van der Waals surface area contributed by atoms with E-state index in [0.717, 1.165) is 5.69 Å². The van der Waals surface area contributed by atoms with Gasteiger partial charge < -0.3 is 10.1 Å². The third-order valence-electron chi connectivity index (χ3n) is 2.87. The number of aromatic nitrogens is 3. The van der Waals surface area contributed by atoms with Crippen molar-refractivity contribution in [3.63, 3.8) is 0 Å². The van der Waals surface area contributed by atoms with Crippen molar-refractivity contribution in [3.05, 3.63) is 52.0 Å². The van der Waals surface area contributed by atoms with Gasteiger partial charge in [-0.3, -0.25) is 9.55 Å². The highest BCUT2D eigenvalue weighted by Crippen LogP contribution is 2.21. The first kappa shape index (κ1) is 11.6. The maximum absolute atomic E-state index is 11.6. The second-order valence-corrected chi connectivity index (χ2v) is 3.86. The minimum atomic E-state index is -0.843. The third kappa shape index (κ3) is 2.01. The molecule has 0 fully saturated rings. The Kier molecular flexibility index (Phi) is 3.10. The summed E-state index contributed by atoms with van der Waals surface area (Å²) in [5.74, 6) is 0. The molecule has 2 aromatic heterocycles. The molecular formula is C12H15N3O2. The molecule has 2 N–H and O–H groups in total. The second kappa shape index (κ2) is 4.55. The number of pyridine rings is 1. The van der Waals surface area contributed by atoms with E-state index in [1.54, 1.807) is 29.1 Å². The van der Waals surface area contributed by atoms with Crippen molar-refractivity contribution >= 4 is 0 Å². The molecule has 0 saturated carbocycles. The Morgan fingerprint density at radius 3 is 2.88 bits per heavy atom. The summed E-state index contributed by atoms with van der Waals surface area (Å²) in [6.45, 7) is 4.29. The largest absolute Gasteiger partial charge is 0.382 e. The highest BCUT2D eigenvalue weighted by atomic mass is 16.3. The van der Waals surface area contributed by atoms with Crippen molar-refractivity contribution < 1.29 is 5.11 Å². The molecule has 5 heteroatoms. The summed E-state index contributed by atoms with van der Waals surface area (Å²) in [5.41, 5.74) is 1.77. The zero-order chi connectivity index (χ0) is 12.4. The SMILES string of the molecule is CCn1c(C)c(C(O)c2cccnc2)[nH]c1=O. The smallest absolute Gasteiger partial charge is 0.325 e. The fourth-order valence-electron chi connectivity index (χ4n) is 1.92. The molecule has 0 radical (unpaired) electrons. The van der Waals surface area contributed by atoms with E-state index in [2.05, 4.69) is 9.97 Å². The summed E-state index contributed by atoms with van der Waals surface area (Å²) >= 11 is 0. The number of nitrogens with zero attached hydrogens (tertiary/aromatic N) is 2. The number of H-pyrrole nitrogens is 1. The topological polar surface area (TPSA) is 70.9 Å². The minimum Gasteiger partial charge on any atom is -0.382 e. The predicted octanol–water partition coefficient (Wildman–Crippen LogP) is 0.981. The van der Waals surface area contributed by atoms with Crippen LogP contribution >= 0.6 is 0 Å². The van der Waals surface area contributed by atoms with E-state index in [-0.39, 0.29) is 5.69 Å². The summed E-state index contributed by atoms with van der Waals surface area (Å²) < 4.78 is 1.59. The monoisotopic (exact) mass is 233 g/mol. The molecule has 17 heavy (non-hydrogen) atoms. The van der Waals surface area contributed by atoms with Crippen molar-refractivity contribution in [2.75, 3.05) is 0 Å². The predicted molar refractivity (Wildman–Crippen MR) is 63.8 cm³/mol. The van der Waals surface area contributed by atoms with Gasteiger partial charge in [-0.1, -0.05) is 6.07 Å². The van der Waals surface area contributed by atoms with Gasteiger partial charge >= 0.3 is 5.69 Å². The first-order valence-corrected chi connectivity index (χ1v) is 5.52. The van der Waals surface area contributed by atoms with Gasteiger partial charge in [-0.05, 0) is 19.9 Å². The van der Waals surface area contributed by atoms with Crippen molar-refractivity contribution in [2.24, 2.45) is 0 Å². The third-order valence-corrected chi connectivity index (χ3v) is 2.87. The van der Waals surface area contributed by atoms with Crippen LogP contribution in [0.2, 0.25) is 0 Å². The molecule has 1 atom stereocenters. The maximum Gasteiger partial charge on any atom is 0.325 e. The van der Waals surface area contributed by atoms with E-state index in [1.165, 1.54) is 0 Å². The summed E-state index contributed by atoms with van der Waals surface area (Å²) in [6.07, 6.45) is 2.39. The Hall–Kier alpha value is -1.88. The van der Waals surface area contributed by atoms with Crippen LogP contribution in [0.3, 0.4) is 0 Å². The zero-order valence-electron chi connectivity index (χ0n) is 9.84. The van der Waals surface area contributed by atoms with Crippen LogP contribution in [0.1, 0.15) is 30.0 Å². The molecule has 2 heterocycles. The van der Waals surface area contributed by atoms with E-state index >= 15 is 0 Å². The Balaban J connectivity index is 2.45. The molecule has 0 amide bonds. The number of rotatable bonds is 3. The number of imidazole rings is 1. The van der Waals surface area contributed by atoms with E-state index in [0.29, 0.717) is 17.8 Å². The number of aromatic amines is 1. The molecule has 2 aromatic rings. The van der Waals surface area contributed by atoms with Crippen LogP contribution < -0.4 is 5.69 Å². The van der Waals surface area contributed by atoms with Crippen LogP contribution in [-0.4, -0.2) is 19.6 Å². The molecule has 0 saturated heterocycles. The fraction of sp³-hybridized carbons (Fsp3) is 0.333. The number of nitrogens with one attached hydrogen (secondary N) is 1. The lowest BCUT2D eigenvalue weighted by atomic mass is 10.1. The Morgan fingerprint density at radius 1 is 1.59 bits per heavy atom. The van der Waals surface area contributed by atoms with Crippen molar-refractivity contribution in [3.8, 4) is 0 Å². The van der Waals surface area contributed by atoms with Crippen LogP contribution in [0.5, 0.6) is 0 Å². The standard InChI is InChI=1S/C12H15N3O2/c1-3-15-8(2)10(14-12(15)17)11(16)9-5-4-6-13-7-9/h4-7,11,16H,3H2,1-2H3,(H,14,17). The van der Waals surface area contributed by atoms with Gasteiger partial charge in [-0.15, -0.1) is 0 Å². The van der Waals surface area contributed by atoms with Crippen molar-refractivity contribution in [1.29, 1.82) is 0 Å². The highest BCUT2D eigenvalue weighted by molar-refractivity contribution is 5.25. The zero-order valence-corrected chi connectivity index (χ0v) is 9.84. The molecule has 2 rings (SSSR count). The molecular weight excluding hydrogens is 218 g/mol. The highest BCUT2D eigenvalue weighted by Gasteiger charge is 2.18. The van der Waals surface area contributed by atoms with E-state index in [4.69, 9.17) is 0 Å². The first-order valence-electron chi connectivity index (χ1n) is 5.52. The number of hydrogen-bond donors (Lipinski definition) is 2. The van der Waals surface area contributed by atoms with Crippen molar-refractivity contribution in [2.45, 2.75) is 26.5 Å². The Morgan fingerprint density at radius 2 is 2.35 bits per heavy atom. The maximum atomic E-state index is 11.6. The molecule has 0 aliphatic carbocycles. The summed E-state index contributed by atoms with van der Waals surface area (Å²) in [7, 11) is 0. The molecule has 0 aliphatic heterocycles. The summed E-state index contributed by atoms with van der Waals surface area (Å²) in [4.78, 5) is 18.3. The van der Waals surface area contributed by atoms with Gasteiger partial charge in [-0.25, -0.2) is 4.79 Å². The lowest BCUT2D eigenvalue weighted by Crippen LogP contribution is -2.16. The van der Waals surface area contributed by atoms with Gasteiger partial charge in [0.2, 0.25) is 0 Å². The van der Waals surface area contributed by atoms with Crippen LogP contribution in [0.4, 0.5) is 0 Å². The van der Waals surface area contributed by atoms with Gasteiger partial charge in [-0.2, -0.15) is 0 Å². The van der Waals surface area contributed by atoms with Gasteiger partial charge in [0.1, 0.15) is 6.10 Å². The van der Waals surface area contributed by atoms with Gasteiger partial charge in [0.05, 0.1) is 5.69 Å². The van der Waals surface area contributed by atoms with E-state index in [1.807, 2.05) is 13.8 Å². The lowest BCUT2D eigenvalue weighted by molar-refractivity contribution is 0.214. The number of aliphatic hydroxyl groups is 1. The molecule has 1 unspecified atom stereocenters. The Bertz CT molecular complexity index is 557. The van der Waals surface area contributed by atoms with Crippen LogP contribution in [0.25, 0.3) is 0 Å². The average Bonchev–Trinajstić information content (AvgIpc) is 2.64. The van der Waals surface area contributed by atoms with Crippen LogP contribution in [-0.2, 0) is 6.54 Å². The Labute approximate surface area is 98.8 Å². The average molecular weight is 233 g/mol. The van der Waals surface area contributed by atoms with Gasteiger partial charge in [0.25, 0.3) is 0 Å². The minimum absolute atomic E-state index is 0.192. The number of hydrogen-bond acceptors (Lipinski definition) is 3. The lowest BCUT2D eigenvalue weighted by Gasteiger charge is -2.10. The molecule has 0 aliphatic rings. The van der Waals surface area contributed by atoms with Crippen molar-refractivity contribution in [1.82, 2.24) is 14.5 Å². The molecule has 5 nitrogen and oxygen atoms in total. The van der Waals surface area contributed by atoms with E-state index < -0.39 is 6.10 Å². The molecule has 90 valence electrons. The molecule has 0 bridgehead atoms. The summed E-state index contributed by atoms with van der Waals surface area (Å²) in [5, 5.41) is 10.2. The summed E-state index contributed by atoms with van der Waals surface area (Å²) in [6, 6.07) is 3.53. The van der Waals surface area contributed by atoms with E-state index in [9.17, 15) is 9.90 Å². The normalized spacial score (nSPS) is 12.6. The van der Waals surface area contributed by atoms with Crippen LogP contribution in [0.15, 0.2) is 29.3 Å². The van der Waals surface area contributed by atoms with Gasteiger partial charge in [0, 0.05) is 30.2 Å². The second-order valence-electron chi connectivity index (χ2n) is 3.86. The van der Waals surface area contributed by atoms with Gasteiger partial charge in [0.15, 0.2) is 0 Å². The first-order chi connectivity index (χ1) is 8.15.